The second kappa shape index (κ2) is 8.43. The summed E-state index contributed by atoms with van der Waals surface area (Å²) in [5.41, 5.74) is 7.71. The molecule has 1 amide bonds. The monoisotopic (exact) mass is 279 g/mol. The number of hydrogen-bond acceptors (Lipinski definition) is 4. The molecule has 0 fully saturated rings. The highest BCUT2D eigenvalue weighted by molar-refractivity contribution is 6.00. The lowest BCUT2D eigenvalue weighted by Gasteiger charge is -2.13. The summed E-state index contributed by atoms with van der Waals surface area (Å²) in [6, 6.07) is 5.32. The van der Waals surface area contributed by atoms with Gasteiger partial charge in [0.15, 0.2) is 0 Å². The minimum Gasteiger partial charge on any atom is -0.399 e. The van der Waals surface area contributed by atoms with E-state index in [9.17, 15) is 4.79 Å². The quantitative estimate of drug-likeness (QED) is 0.504. The molecule has 0 spiro atoms. The Morgan fingerprint density at radius 2 is 2.15 bits per heavy atom. The van der Waals surface area contributed by atoms with Crippen molar-refractivity contribution in [2.45, 2.75) is 33.3 Å². The van der Waals surface area contributed by atoms with E-state index in [0.717, 1.165) is 18.7 Å². The molecule has 1 aromatic carbocycles. The largest absolute Gasteiger partial charge is 0.399 e. The highest BCUT2D eigenvalue weighted by Gasteiger charge is 2.10. The predicted molar refractivity (Wildman–Crippen MR) is 83.1 cm³/mol. The van der Waals surface area contributed by atoms with Crippen molar-refractivity contribution in [3.63, 3.8) is 0 Å². The van der Waals surface area contributed by atoms with E-state index in [-0.39, 0.29) is 12.0 Å². The van der Waals surface area contributed by atoms with Crippen LogP contribution in [0.2, 0.25) is 0 Å². The Bertz CT molecular complexity index is 433. The first-order valence-electron chi connectivity index (χ1n) is 7.07. The maximum atomic E-state index is 12.0. The van der Waals surface area contributed by atoms with E-state index < -0.39 is 0 Å². The van der Waals surface area contributed by atoms with Crippen LogP contribution in [0.15, 0.2) is 18.2 Å². The Kier molecular flexibility index (Phi) is 6.87. The smallest absolute Gasteiger partial charge is 0.253 e. The van der Waals surface area contributed by atoms with Crippen LogP contribution in [-0.4, -0.2) is 31.7 Å². The number of benzene rings is 1. The molecular formula is C15H25N3O2. The number of nitrogens with one attached hydrogen (secondary N) is 2. The number of anilines is 2. The standard InChI is InChI=1S/C15H25N3O2/c1-4-17-15(19)13-10-12(16)6-7-14(13)18-8-5-9-20-11(2)3/h6-7,10-11,18H,4-5,8-9,16H2,1-3H3,(H,17,19). The average molecular weight is 279 g/mol. The van der Waals surface area contributed by atoms with Crippen molar-refractivity contribution >= 4 is 17.3 Å². The molecule has 0 aromatic heterocycles. The van der Waals surface area contributed by atoms with Gasteiger partial charge in [-0.2, -0.15) is 0 Å². The summed E-state index contributed by atoms with van der Waals surface area (Å²) < 4.78 is 5.48. The van der Waals surface area contributed by atoms with E-state index in [1.165, 1.54) is 0 Å². The van der Waals surface area contributed by atoms with Gasteiger partial charge in [0, 0.05) is 31.1 Å². The van der Waals surface area contributed by atoms with Crippen LogP contribution in [0.1, 0.15) is 37.6 Å². The number of hydrogen-bond donors (Lipinski definition) is 3. The van der Waals surface area contributed by atoms with Gasteiger partial charge in [0.25, 0.3) is 5.91 Å². The van der Waals surface area contributed by atoms with Gasteiger partial charge < -0.3 is 21.1 Å². The number of carbonyl (C=O) groups is 1. The van der Waals surface area contributed by atoms with Crippen molar-refractivity contribution in [3.05, 3.63) is 23.8 Å². The lowest BCUT2D eigenvalue weighted by molar-refractivity contribution is 0.0787. The molecule has 0 aliphatic heterocycles. The number of carbonyl (C=O) groups excluding carboxylic acids is 1. The molecule has 0 aliphatic rings. The molecule has 0 atom stereocenters. The number of ether oxygens (including phenoxy) is 1. The molecule has 5 heteroatoms. The zero-order valence-corrected chi connectivity index (χ0v) is 12.5. The van der Waals surface area contributed by atoms with Crippen LogP contribution in [0.5, 0.6) is 0 Å². The number of rotatable bonds is 8. The van der Waals surface area contributed by atoms with Crippen LogP contribution in [0, 0.1) is 0 Å². The van der Waals surface area contributed by atoms with Crippen molar-refractivity contribution in [3.8, 4) is 0 Å². The topological polar surface area (TPSA) is 76.4 Å². The third kappa shape index (κ3) is 5.48. The van der Waals surface area contributed by atoms with Gasteiger partial charge in [-0.3, -0.25) is 4.79 Å². The summed E-state index contributed by atoms with van der Waals surface area (Å²) in [4.78, 5) is 12.0. The van der Waals surface area contributed by atoms with Gasteiger partial charge in [0.1, 0.15) is 0 Å². The molecule has 5 nitrogen and oxygen atoms in total. The number of amides is 1. The molecule has 0 bridgehead atoms. The predicted octanol–water partition coefficient (Wildman–Crippen LogP) is 2.25. The molecule has 0 radical (unpaired) electrons. The number of nitrogens with two attached hydrogens (primary N) is 1. The Morgan fingerprint density at radius 3 is 2.80 bits per heavy atom. The van der Waals surface area contributed by atoms with Gasteiger partial charge in [-0.15, -0.1) is 0 Å². The highest BCUT2D eigenvalue weighted by atomic mass is 16.5. The van der Waals surface area contributed by atoms with Crippen LogP contribution in [0.4, 0.5) is 11.4 Å². The van der Waals surface area contributed by atoms with E-state index >= 15 is 0 Å². The molecular weight excluding hydrogens is 254 g/mol. The van der Waals surface area contributed by atoms with Crippen molar-refractivity contribution < 1.29 is 9.53 Å². The normalized spacial score (nSPS) is 10.6. The van der Waals surface area contributed by atoms with Crippen LogP contribution in [0.3, 0.4) is 0 Å². The Labute approximate surface area is 120 Å². The van der Waals surface area contributed by atoms with Crippen LogP contribution >= 0.6 is 0 Å². The van der Waals surface area contributed by atoms with E-state index in [1.54, 1.807) is 12.1 Å². The third-order valence-electron chi connectivity index (χ3n) is 2.71. The second-order valence-electron chi connectivity index (χ2n) is 4.86. The zero-order chi connectivity index (χ0) is 15.0. The first kappa shape index (κ1) is 16.3. The second-order valence-corrected chi connectivity index (χ2v) is 4.86. The van der Waals surface area contributed by atoms with Crippen LogP contribution in [0.25, 0.3) is 0 Å². The third-order valence-corrected chi connectivity index (χ3v) is 2.71. The first-order chi connectivity index (χ1) is 9.54. The van der Waals surface area contributed by atoms with Gasteiger partial charge in [-0.25, -0.2) is 0 Å². The Morgan fingerprint density at radius 1 is 1.40 bits per heavy atom. The summed E-state index contributed by atoms with van der Waals surface area (Å²) >= 11 is 0. The molecule has 0 heterocycles. The molecule has 0 saturated heterocycles. The lowest BCUT2D eigenvalue weighted by Crippen LogP contribution is -2.24. The van der Waals surface area contributed by atoms with E-state index in [4.69, 9.17) is 10.5 Å². The fraction of sp³-hybridized carbons (Fsp3) is 0.533. The molecule has 20 heavy (non-hydrogen) atoms. The van der Waals surface area contributed by atoms with Crippen LogP contribution < -0.4 is 16.4 Å². The molecule has 4 N–H and O–H groups in total. The molecule has 1 rings (SSSR count). The molecule has 0 saturated carbocycles. The number of nitrogen functional groups attached to an aromatic ring is 1. The molecule has 0 unspecified atom stereocenters. The summed E-state index contributed by atoms with van der Waals surface area (Å²) in [6.45, 7) is 7.97. The van der Waals surface area contributed by atoms with Gasteiger partial charge in [-0.05, 0) is 45.4 Å². The SMILES string of the molecule is CCNC(=O)c1cc(N)ccc1NCCCOC(C)C. The van der Waals surface area contributed by atoms with E-state index in [0.29, 0.717) is 24.4 Å². The van der Waals surface area contributed by atoms with E-state index in [2.05, 4.69) is 10.6 Å². The molecule has 112 valence electrons. The zero-order valence-electron chi connectivity index (χ0n) is 12.5. The Hall–Kier alpha value is -1.75. The fourth-order valence-corrected chi connectivity index (χ4v) is 1.77. The van der Waals surface area contributed by atoms with Crippen molar-refractivity contribution in [1.82, 2.24) is 5.32 Å². The Balaban J connectivity index is 2.58. The maximum Gasteiger partial charge on any atom is 0.253 e. The fourth-order valence-electron chi connectivity index (χ4n) is 1.77. The van der Waals surface area contributed by atoms with Crippen molar-refractivity contribution in [2.24, 2.45) is 0 Å². The minimum atomic E-state index is -0.110. The van der Waals surface area contributed by atoms with Gasteiger partial charge in [0.2, 0.25) is 0 Å². The van der Waals surface area contributed by atoms with Crippen molar-refractivity contribution in [1.29, 1.82) is 0 Å². The van der Waals surface area contributed by atoms with Gasteiger partial charge in [-0.1, -0.05) is 0 Å². The summed E-state index contributed by atoms with van der Waals surface area (Å²) in [6.07, 6.45) is 1.13. The maximum absolute atomic E-state index is 12.0. The van der Waals surface area contributed by atoms with E-state index in [1.807, 2.05) is 26.8 Å². The minimum absolute atomic E-state index is 0.110. The van der Waals surface area contributed by atoms with Gasteiger partial charge >= 0.3 is 0 Å². The molecule has 0 aliphatic carbocycles. The molecule has 1 aromatic rings. The summed E-state index contributed by atoms with van der Waals surface area (Å²) in [5.74, 6) is -0.110. The average Bonchev–Trinajstić information content (AvgIpc) is 2.39. The van der Waals surface area contributed by atoms with Gasteiger partial charge in [0.05, 0.1) is 11.7 Å². The summed E-state index contributed by atoms with van der Waals surface area (Å²) in [7, 11) is 0. The lowest BCUT2D eigenvalue weighted by atomic mass is 10.1. The first-order valence-corrected chi connectivity index (χ1v) is 7.07. The highest BCUT2D eigenvalue weighted by Crippen LogP contribution is 2.19. The van der Waals surface area contributed by atoms with Crippen LogP contribution in [-0.2, 0) is 4.74 Å². The summed E-state index contributed by atoms with van der Waals surface area (Å²) in [5, 5.41) is 6.04. The van der Waals surface area contributed by atoms with Crippen molar-refractivity contribution in [2.75, 3.05) is 30.7 Å².